The molecule has 0 aromatic heterocycles. The van der Waals surface area contributed by atoms with Crippen LogP contribution in [0.1, 0.15) is 50.4 Å². The van der Waals surface area contributed by atoms with Gasteiger partial charge in [0.25, 0.3) is 5.91 Å². The van der Waals surface area contributed by atoms with Crippen molar-refractivity contribution in [3.8, 4) is 0 Å². The molecule has 1 aromatic rings. The van der Waals surface area contributed by atoms with E-state index >= 15 is 0 Å². The van der Waals surface area contributed by atoms with Crippen molar-refractivity contribution in [3.63, 3.8) is 0 Å². The molecule has 0 heterocycles. The Morgan fingerprint density at radius 3 is 2.17 bits per heavy atom. The smallest absolute Gasteiger partial charge is 0.326 e. The molecular weight excluding hydrogens is 318 g/mol. The number of hydrogen-bond donors (Lipinski definition) is 2. The van der Waals surface area contributed by atoms with Gasteiger partial charge in [-0.25, -0.2) is 13.2 Å². The molecule has 0 spiro atoms. The minimum atomic E-state index is -3.39. The molecular formula is C16H23NO5S. The molecule has 0 unspecified atom stereocenters. The average molecular weight is 341 g/mol. The number of unbranched alkanes of at least 4 members (excludes halogenated alkanes) is 1. The summed E-state index contributed by atoms with van der Waals surface area (Å²) in [5.74, 6) is -1.60. The lowest BCUT2D eigenvalue weighted by atomic mass is 10.1. The number of hydrogen-bond acceptors (Lipinski definition) is 4. The maximum absolute atomic E-state index is 12.1. The van der Waals surface area contributed by atoms with Gasteiger partial charge in [0.2, 0.25) is 0 Å². The van der Waals surface area contributed by atoms with Crippen LogP contribution < -0.4 is 5.32 Å². The molecule has 0 aliphatic heterocycles. The van der Waals surface area contributed by atoms with Gasteiger partial charge in [-0.1, -0.05) is 19.8 Å². The minimum absolute atomic E-state index is 0.143. The van der Waals surface area contributed by atoms with Gasteiger partial charge in [-0.2, -0.15) is 0 Å². The van der Waals surface area contributed by atoms with Gasteiger partial charge < -0.3 is 10.4 Å². The number of carboxylic acids is 1. The van der Waals surface area contributed by atoms with Crippen LogP contribution in [-0.4, -0.2) is 36.7 Å². The molecule has 0 fully saturated rings. The topological polar surface area (TPSA) is 101 Å². The summed E-state index contributed by atoms with van der Waals surface area (Å²) < 4.78 is 24.0. The van der Waals surface area contributed by atoms with Gasteiger partial charge in [-0.3, -0.25) is 4.79 Å². The van der Waals surface area contributed by atoms with Crippen molar-refractivity contribution >= 4 is 21.7 Å². The fourth-order valence-corrected chi connectivity index (χ4v) is 3.04. The summed E-state index contributed by atoms with van der Waals surface area (Å²) in [6, 6.07) is 4.58. The monoisotopic (exact) mass is 341 g/mol. The normalized spacial score (nSPS) is 12.9. The molecule has 2 N–H and O–H groups in total. The highest BCUT2D eigenvalue weighted by atomic mass is 32.2. The van der Waals surface area contributed by atoms with Crippen LogP contribution in [0, 0.1) is 0 Å². The number of carboxylic acid groups (broad SMARTS) is 1. The molecule has 128 valence electrons. The van der Waals surface area contributed by atoms with E-state index in [2.05, 4.69) is 5.32 Å². The molecule has 0 saturated heterocycles. The highest BCUT2D eigenvalue weighted by Gasteiger charge is 2.22. The maximum atomic E-state index is 12.1. The van der Waals surface area contributed by atoms with Crippen LogP contribution >= 0.6 is 0 Å². The zero-order valence-corrected chi connectivity index (χ0v) is 14.4. The van der Waals surface area contributed by atoms with Crippen LogP contribution in [-0.2, 0) is 14.6 Å². The third kappa shape index (κ3) is 5.06. The lowest BCUT2D eigenvalue weighted by Crippen LogP contribution is -2.40. The SMILES string of the molecule is CCCC[C@H](NC(=O)c1ccc(S(=O)(=O)C(C)C)cc1)C(=O)O. The number of benzene rings is 1. The summed E-state index contributed by atoms with van der Waals surface area (Å²) in [5.41, 5.74) is 0.232. The van der Waals surface area contributed by atoms with Gasteiger partial charge >= 0.3 is 5.97 Å². The number of rotatable bonds is 8. The Morgan fingerprint density at radius 2 is 1.74 bits per heavy atom. The summed E-state index contributed by atoms with van der Waals surface area (Å²) in [6.07, 6.45) is 1.89. The Hall–Kier alpha value is -1.89. The number of sulfone groups is 1. The van der Waals surface area contributed by atoms with Gasteiger partial charge in [-0.05, 0) is 44.5 Å². The Bertz CT molecular complexity index is 650. The molecule has 1 rings (SSSR count). The van der Waals surface area contributed by atoms with Crippen molar-refractivity contribution in [3.05, 3.63) is 29.8 Å². The number of carbonyl (C=O) groups is 2. The second kappa shape index (κ2) is 8.10. The summed E-state index contributed by atoms with van der Waals surface area (Å²) in [4.78, 5) is 23.4. The Balaban J connectivity index is 2.87. The Labute approximate surface area is 136 Å². The predicted molar refractivity (Wildman–Crippen MR) is 87.2 cm³/mol. The van der Waals surface area contributed by atoms with E-state index in [1.165, 1.54) is 24.3 Å². The highest BCUT2D eigenvalue weighted by molar-refractivity contribution is 7.92. The number of aliphatic carboxylic acids is 1. The maximum Gasteiger partial charge on any atom is 0.326 e. The molecule has 1 aromatic carbocycles. The van der Waals surface area contributed by atoms with Crippen LogP contribution in [0.2, 0.25) is 0 Å². The first-order valence-electron chi connectivity index (χ1n) is 7.57. The average Bonchev–Trinajstić information content (AvgIpc) is 2.50. The molecule has 23 heavy (non-hydrogen) atoms. The predicted octanol–water partition coefficient (Wildman–Crippen LogP) is 2.24. The van der Waals surface area contributed by atoms with Crippen molar-refractivity contribution in [2.45, 2.75) is 56.2 Å². The summed E-state index contributed by atoms with van der Waals surface area (Å²) in [6.45, 7) is 5.11. The van der Waals surface area contributed by atoms with Crippen molar-refractivity contribution in [1.29, 1.82) is 0 Å². The van der Waals surface area contributed by atoms with Crippen molar-refractivity contribution < 1.29 is 23.1 Å². The first-order chi connectivity index (χ1) is 10.7. The molecule has 1 amide bonds. The van der Waals surface area contributed by atoms with Crippen molar-refractivity contribution in [2.75, 3.05) is 0 Å². The van der Waals surface area contributed by atoms with E-state index in [1.807, 2.05) is 6.92 Å². The van der Waals surface area contributed by atoms with Gasteiger partial charge in [0.05, 0.1) is 10.1 Å². The molecule has 0 saturated carbocycles. The highest BCUT2D eigenvalue weighted by Crippen LogP contribution is 2.16. The van der Waals surface area contributed by atoms with Crippen molar-refractivity contribution in [2.24, 2.45) is 0 Å². The fourth-order valence-electron chi connectivity index (χ4n) is 1.98. The summed E-state index contributed by atoms with van der Waals surface area (Å²) in [5, 5.41) is 11.0. The lowest BCUT2D eigenvalue weighted by Gasteiger charge is -2.14. The first-order valence-corrected chi connectivity index (χ1v) is 9.12. The summed E-state index contributed by atoms with van der Waals surface area (Å²) in [7, 11) is -3.39. The van der Waals surface area contributed by atoms with Gasteiger partial charge in [0.15, 0.2) is 9.84 Å². The Morgan fingerprint density at radius 1 is 1.17 bits per heavy atom. The molecule has 0 bridgehead atoms. The zero-order chi connectivity index (χ0) is 17.6. The second-order valence-electron chi connectivity index (χ2n) is 5.62. The number of nitrogens with one attached hydrogen (secondary N) is 1. The fraction of sp³-hybridized carbons (Fsp3) is 0.500. The van der Waals surface area contributed by atoms with E-state index in [1.54, 1.807) is 13.8 Å². The van der Waals surface area contributed by atoms with Crippen LogP contribution in [0.5, 0.6) is 0 Å². The third-order valence-electron chi connectivity index (χ3n) is 3.52. The molecule has 0 aliphatic rings. The van der Waals surface area contributed by atoms with E-state index < -0.39 is 33.0 Å². The molecule has 0 aliphatic carbocycles. The van der Waals surface area contributed by atoms with Crippen LogP contribution in [0.25, 0.3) is 0 Å². The zero-order valence-electron chi connectivity index (χ0n) is 13.6. The standard InChI is InChI=1S/C16H23NO5S/c1-4-5-6-14(16(19)20)17-15(18)12-7-9-13(10-8-12)23(21,22)11(2)3/h7-11,14H,4-6H2,1-3H3,(H,17,18)(H,19,20)/t14-/m0/s1. The first kappa shape index (κ1) is 19.2. The van der Waals surface area contributed by atoms with E-state index in [0.29, 0.717) is 12.8 Å². The molecule has 6 nitrogen and oxygen atoms in total. The number of amides is 1. The van der Waals surface area contributed by atoms with E-state index in [4.69, 9.17) is 5.11 Å². The van der Waals surface area contributed by atoms with E-state index in [9.17, 15) is 18.0 Å². The molecule has 1 atom stereocenters. The van der Waals surface area contributed by atoms with Gasteiger partial charge in [0.1, 0.15) is 6.04 Å². The van der Waals surface area contributed by atoms with E-state index in [-0.39, 0.29) is 10.5 Å². The van der Waals surface area contributed by atoms with Gasteiger partial charge in [-0.15, -0.1) is 0 Å². The second-order valence-corrected chi connectivity index (χ2v) is 8.13. The minimum Gasteiger partial charge on any atom is -0.480 e. The third-order valence-corrected chi connectivity index (χ3v) is 5.69. The molecule has 0 radical (unpaired) electrons. The van der Waals surface area contributed by atoms with E-state index in [0.717, 1.165) is 6.42 Å². The largest absolute Gasteiger partial charge is 0.480 e. The van der Waals surface area contributed by atoms with Crippen LogP contribution in [0.3, 0.4) is 0 Å². The van der Waals surface area contributed by atoms with Crippen molar-refractivity contribution in [1.82, 2.24) is 5.32 Å². The quantitative estimate of drug-likeness (QED) is 0.755. The lowest BCUT2D eigenvalue weighted by molar-refractivity contribution is -0.139. The van der Waals surface area contributed by atoms with Crippen LogP contribution in [0.15, 0.2) is 29.2 Å². The summed E-state index contributed by atoms with van der Waals surface area (Å²) >= 11 is 0. The van der Waals surface area contributed by atoms with Gasteiger partial charge in [0, 0.05) is 5.56 Å². The Kier molecular flexibility index (Phi) is 6.75. The number of carbonyl (C=O) groups excluding carboxylic acids is 1. The molecule has 7 heteroatoms. The van der Waals surface area contributed by atoms with Crippen LogP contribution in [0.4, 0.5) is 0 Å².